The van der Waals surface area contributed by atoms with Crippen molar-refractivity contribution in [3.05, 3.63) is 24.3 Å². The molecular formula is C14H19N3O2. The number of nitrogens with one attached hydrogen (secondary N) is 2. The second kappa shape index (κ2) is 5.40. The van der Waals surface area contributed by atoms with Crippen molar-refractivity contribution in [3.63, 3.8) is 0 Å². The van der Waals surface area contributed by atoms with E-state index in [0.717, 1.165) is 24.9 Å². The quantitative estimate of drug-likeness (QED) is 0.773. The number of carbonyl (C=O) groups is 2. The lowest BCUT2D eigenvalue weighted by atomic mass is 9.77. The Labute approximate surface area is 112 Å². The molecule has 5 nitrogen and oxygen atoms in total. The second-order valence-corrected chi connectivity index (χ2v) is 4.94. The van der Waals surface area contributed by atoms with E-state index in [1.54, 1.807) is 31.2 Å². The number of anilines is 2. The number of amides is 2. The fourth-order valence-electron chi connectivity index (χ4n) is 1.93. The molecular weight excluding hydrogens is 242 g/mol. The van der Waals surface area contributed by atoms with Gasteiger partial charge in [-0.15, -0.1) is 0 Å². The van der Waals surface area contributed by atoms with Crippen LogP contribution in [0, 0.1) is 0 Å². The SMILES string of the molecule is CCC(=O)Nc1ccc(NC(=O)C2(N)CCC2)cc1. The molecule has 1 aliphatic carbocycles. The number of nitrogens with two attached hydrogens (primary N) is 1. The van der Waals surface area contributed by atoms with E-state index in [2.05, 4.69) is 10.6 Å². The number of rotatable bonds is 4. The van der Waals surface area contributed by atoms with Crippen LogP contribution in [0.2, 0.25) is 0 Å². The fourth-order valence-corrected chi connectivity index (χ4v) is 1.93. The lowest BCUT2D eigenvalue weighted by Crippen LogP contribution is -2.56. The molecule has 2 rings (SSSR count). The number of hydrogen-bond acceptors (Lipinski definition) is 3. The van der Waals surface area contributed by atoms with Crippen LogP contribution in [0.5, 0.6) is 0 Å². The summed E-state index contributed by atoms with van der Waals surface area (Å²) in [5, 5.41) is 5.55. The summed E-state index contributed by atoms with van der Waals surface area (Å²) in [5.41, 5.74) is 6.65. The van der Waals surface area contributed by atoms with E-state index in [1.807, 2.05) is 0 Å². The molecule has 1 aromatic rings. The number of benzene rings is 1. The van der Waals surface area contributed by atoms with Crippen molar-refractivity contribution < 1.29 is 9.59 Å². The molecule has 1 fully saturated rings. The summed E-state index contributed by atoms with van der Waals surface area (Å²) < 4.78 is 0. The normalized spacial score (nSPS) is 16.3. The van der Waals surface area contributed by atoms with Crippen molar-refractivity contribution in [1.82, 2.24) is 0 Å². The molecule has 0 heterocycles. The van der Waals surface area contributed by atoms with E-state index in [9.17, 15) is 9.59 Å². The van der Waals surface area contributed by atoms with Gasteiger partial charge in [0.1, 0.15) is 0 Å². The van der Waals surface area contributed by atoms with Crippen LogP contribution in [0.4, 0.5) is 11.4 Å². The summed E-state index contributed by atoms with van der Waals surface area (Å²) in [7, 11) is 0. The van der Waals surface area contributed by atoms with Gasteiger partial charge in [-0.25, -0.2) is 0 Å². The van der Waals surface area contributed by atoms with Crippen molar-refractivity contribution in [3.8, 4) is 0 Å². The molecule has 1 aliphatic rings. The molecule has 4 N–H and O–H groups in total. The largest absolute Gasteiger partial charge is 0.326 e. The summed E-state index contributed by atoms with van der Waals surface area (Å²) in [6.07, 6.45) is 2.92. The van der Waals surface area contributed by atoms with Crippen LogP contribution >= 0.6 is 0 Å². The summed E-state index contributed by atoms with van der Waals surface area (Å²) in [5.74, 6) is -0.170. The highest BCUT2D eigenvalue weighted by Crippen LogP contribution is 2.30. The van der Waals surface area contributed by atoms with Gasteiger partial charge in [0.2, 0.25) is 11.8 Å². The lowest BCUT2D eigenvalue weighted by molar-refractivity contribution is -0.123. The molecule has 0 saturated heterocycles. The van der Waals surface area contributed by atoms with Crippen LogP contribution in [-0.2, 0) is 9.59 Å². The van der Waals surface area contributed by atoms with Gasteiger partial charge < -0.3 is 16.4 Å². The van der Waals surface area contributed by atoms with Crippen LogP contribution in [-0.4, -0.2) is 17.4 Å². The van der Waals surface area contributed by atoms with Gasteiger partial charge in [-0.1, -0.05) is 6.92 Å². The minimum Gasteiger partial charge on any atom is -0.326 e. The van der Waals surface area contributed by atoms with E-state index in [-0.39, 0.29) is 11.8 Å². The molecule has 0 atom stereocenters. The van der Waals surface area contributed by atoms with Crippen LogP contribution in [0.3, 0.4) is 0 Å². The maximum absolute atomic E-state index is 11.9. The summed E-state index contributed by atoms with van der Waals surface area (Å²) in [4.78, 5) is 23.1. The van der Waals surface area contributed by atoms with E-state index >= 15 is 0 Å². The Kier molecular flexibility index (Phi) is 3.85. The summed E-state index contributed by atoms with van der Waals surface area (Å²) in [6.45, 7) is 1.79. The van der Waals surface area contributed by atoms with E-state index in [4.69, 9.17) is 5.73 Å². The Morgan fingerprint density at radius 1 is 1.16 bits per heavy atom. The lowest BCUT2D eigenvalue weighted by Gasteiger charge is -2.36. The third-order valence-corrected chi connectivity index (χ3v) is 3.45. The van der Waals surface area contributed by atoms with E-state index < -0.39 is 5.54 Å². The smallest absolute Gasteiger partial charge is 0.244 e. The molecule has 5 heteroatoms. The maximum Gasteiger partial charge on any atom is 0.244 e. The van der Waals surface area contributed by atoms with Gasteiger partial charge in [0, 0.05) is 17.8 Å². The van der Waals surface area contributed by atoms with Crippen molar-refractivity contribution >= 4 is 23.2 Å². The zero-order chi connectivity index (χ0) is 13.9. The number of hydrogen-bond donors (Lipinski definition) is 3. The first kappa shape index (κ1) is 13.5. The van der Waals surface area contributed by atoms with Crippen molar-refractivity contribution in [2.45, 2.75) is 38.1 Å². The molecule has 19 heavy (non-hydrogen) atoms. The van der Waals surface area contributed by atoms with Gasteiger partial charge in [0.25, 0.3) is 0 Å². The Hall–Kier alpha value is -1.88. The first-order valence-corrected chi connectivity index (χ1v) is 6.54. The Balaban J connectivity index is 1.95. The first-order chi connectivity index (χ1) is 9.03. The molecule has 0 bridgehead atoms. The van der Waals surface area contributed by atoms with Gasteiger partial charge in [-0.05, 0) is 43.5 Å². The van der Waals surface area contributed by atoms with Crippen LogP contribution < -0.4 is 16.4 Å². The third kappa shape index (κ3) is 3.12. The Morgan fingerprint density at radius 3 is 2.11 bits per heavy atom. The minimum atomic E-state index is -0.699. The second-order valence-electron chi connectivity index (χ2n) is 4.94. The molecule has 0 spiro atoms. The summed E-state index contributed by atoms with van der Waals surface area (Å²) in [6, 6.07) is 7.02. The predicted molar refractivity (Wildman–Crippen MR) is 74.8 cm³/mol. The molecule has 102 valence electrons. The molecule has 2 amide bonds. The van der Waals surface area contributed by atoms with Crippen molar-refractivity contribution in [2.75, 3.05) is 10.6 Å². The van der Waals surface area contributed by atoms with Gasteiger partial charge in [-0.3, -0.25) is 9.59 Å². The fraction of sp³-hybridized carbons (Fsp3) is 0.429. The minimum absolute atomic E-state index is 0.0350. The van der Waals surface area contributed by atoms with Gasteiger partial charge in [0.05, 0.1) is 5.54 Å². The highest BCUT2D eigenvalue weighted by molar-refractivity contribution is 5.99. The standard InChI is InChI=1S/C14H19N3O2/c1-2-12(18)16-10-4-6-11(7-5-10)17-13(19)14(15)8-3-9-14/h4-7H,2-3,8-9,15H2,1H3,(H,16,18)(H,17,19). The van der Waals surface area contributed by atoms with Gasteiger partial charge in [0.15, 0.2) is 0 Å². The molecule has 1 aromatic carbocycles. The van der Waals surface area contributed by atoms with E-state index in [1.165, 1.54) is 0 Å². The molecule has 0 unspecified atom stereocenters. The zero-order valence-electron chi connectivity index (χ0n) is 11.0. The van der Waals surface area contributed by atoms with Crippen LogP contribution in [0.15, 0.2) is 24.3 Å². The predicted octanol–water partition coefficient (Wildman–Crippen LogP) is 1.85. The molecule has 0 aliphatic heterocycles. The topological polar surface area (TPSA) is 84.2 Å². The summed E-state index contributed by atoms with van der Waals surface area (Å²) >= 11 is 0. The Bertz CT molecular complexity index is 478. The Morgan fingerprint density at radius 2 is 1.68 bits per heavy atom. The van der Waals surface area contributed by atoms with Gasteiger partial charge >= 0.3 is 0 Å². The maximum atomic E-state index is 11.9. The third-order valence-electron chi connectivity index (χ3n) is 3.45. The van der Waals surface area contributed by atoms with Crippen molar-refractivity contribution in [1.29, 1.82) is 0 Å². The van der Waals surface area contributed by atoms with E-state index in [0.29, 0.717) is 12.1 Å². The number of carbonyl (C=O) groups excluding carboxylic acids is 2. The van der Waals surface area contributed by atoms with Gasteiger partial charge in [-0.2, -0.15) is 0 Å². The average molecular weight is 261 g/mol. The van der Waals surface area contributed by atoms with Crippen LogP contribution in [0.25, 0.3) is 0 Å². The monoisotopic (exact) mass is 261 g/mol. The average Bonchev–Trinajstić information content (AvgIpc) is 2.38. The highest BCUT2D eigenvalue weighted by Gasteiger charge is 2.40. The van der Waals surface area contributed by atoms with Crippen LogP contribution in [0.1, 0.15) is 32.6 Å². The molecule has 0 radical (unpaired) electrons. The van der Waals surface area contributed by atoms with Crippen molar-refractivity contribution in [2.24, 2.45) is 5.73 Å². The molecule has 0 aromatic heterocycles. The molecule has 1 saturated carbocycles. The zero-order valence-corrected chi connectivity index (χ0v) is 11.0. The first-order valence-electron chi connectivity index (χ1n) is 6.54. The highest BCUT2D eigenvalue weighted by atomic mass is 16.2.